The lowest BCUT2D eigenvalue weighted by Crippen LogP contribution is -2.46. The van der Waals surface area contributed by atoms with E-state index in [2.05, 4.69) is 5.32 Å². The number of amides is 1. The number of rotatable bonds is 6. The zero-order chi connectivity index (χ0) is 20.5. The minimum absolute atomic E-state index is 0.0487. The van der Waals surface area contributed by atoms with E-state index in [1.54, 1.807) is 4.57 Å². The van der Waals surface area contributed by atoms with E-state index in [0.29, 0.717) is 22.6 Å². The Morgan fingerprint density at radius 2 is 1.86 bits per heavy atom. The van der Waals surface area contributed by atoms with Crippen LogP contribution in [0, 0.1) is 0 Å². The summed E-state index contributed by atoms with van der Waals surface area (Å²) in [6.07, 6.45) is 0.844. The van der Waals surface area contributed by atoms with Gasteiger partial charge in [-0.05, 0) is 57.0 Å². The summed E-state index contributed by atoms with van der Waals surface area (Å²) in [5.41, 5.74) is 0.339. The second kappa shape index (κ2) is 7.95. The van der Waals surface area contributed by atoms with Gasteiger partial charge in [0, 0.05) is 12.1 Å². The zero-order valence-corrected chi connectivity index (χ0v) is 17.9. The molecule has 1 aromatic heterocycles. The van der Waals surface area contributed by atoms with Crippen LogP contribution < -0.4 is 10.9 Å². The molecule has 1 atom stereocenters. The van der Waals surface area contributed by atoms with E-state index in [0.717, 1.165) is 17.2 Å². The molecule has 2 aromatic carbocycles. The van der Waals surface area contributed by atoms with Gasteiger partial charge < -0.3 is 5.32 Å². The second-order valence-corrected chi connectivity index (χ2v) is 8.96. The van der Waals surface area contributed by atoms with Gasteiger partial charge in [-0.1, -0.05) is 43.0 Å². The number of carbonyl (C=O) groups excluding carboxylic acids is 1. The zero-order valence-electron chi connectivity index (χ0n) is 17.1. The van der Waals surface area contributed by atoms with Crippen molar-refractivity contribution in [2.24, 2.45) is 0 Å². The number of aromatic nitrogens is 2. The molecule has 1 unspecified atom stereocenters. The van der Waals surface area contributed by atoms with E-state index in [4.69, 9.17) is 4.98 Å². The predicted molar refractivity (Wildman–Crippen MR) is 117 cm³/mol. The lowest BCUT2D eigenvalue weighted by Gasteiger charge is -2.26. The highest BCUT2D eigenvalue weighted by atomic mass is 32.2. The molecule has 1 amide bonds. The van der Waals surface area contributed by atoms with Crippen LogP contribution in [0.2, 0.25) is 0 Å². The number of benzene rings is 2. The van der Waals surface area contributed by atoms with Crippen molar-refractivity contribution in [3.63, 3.8) is 0 Å². The van der Waals surface area contributed by atoms with Crippen LogP contribution in [0.25, 0.3) is 21.7 Å². The van der Waals surface area contributed by atoms with Crippen molar-refractivity contribution >= 4 is 39.3 Å². The first-order valence-electron chi connectivity index (χ1n) is 9.67. The third-order valence-corrected chi connectivity index (χ3v) is 6.19. The van der Waals surface area contributed by atoms with Crippen molar-refractivity contribution < 1.29 is 4.79 Å². The average molecular weight is 398 g/mol. The van der Waals surface area contributed by atoms with Gasteiger partial charge in [0.05, 0.1) is 16.2 Å². The molecule has 0 bridgehead atoms. The fourth-order valence-corrected chi connectivity index (χ4v) is 3.96. The number of hydrogen-bond acceptors (Lipinski definition) is 4. The Morgan fingerprint density at radius 1 is 1.21 bits per heavy atom. The van der Waals surface area contributed by atoms with E-state index in [1.165, 1.54) is 11.8 Å². The standard InChI is InChI=1S/C22H27N3O2S/c1-6-22(4,5)24-19(26)14(3)28-21-23-18-13-16-11-9-8-10-15(16)12-17(18)20(27)25(21)7-2/h8-14H,6-7H2,1-5H3,(H,24,26). The van der Waals surface area contributed by atoms with Gasteiger partial charge in [0.1, 0.15) is 0 Å². The van der Waals surface area contributed by atoms with Gasteiger partial charge in [0.25, 0.3) is 5.56 Å². The molecule has 1 heterocycles. The summed E-state index contributed by atoms with van der Waals surface area (Å²) < 4.78 is 1.65. The van der Waals surface area contributed by atoms with Gasteiger partial charge in [-0.25, -0.2) is 4.98 Å². The summed E-state index contributed by atoms with van der Waals surface area (Å²) in [7, 11) is 0. The van der Waals surface area contributed by atoms with Crippen molar-refractivity contribution in [3.8, 4) is 0 Å². The van der Waals surface area contributed by atoms with Crippen LogP contribution in [-0.4, -0.2) is 26.2 Å². The molecule has 0 aliphatic heterocycles. The maximum Gasteiger partial charge on any atom is 0.262 e. The van der Waals surface area contributed by atoms with Crippen molar-refractivity contribution in [1.29, 1.82) is 0 Å². The van der Waals surface area contributed by atoms with Crippen molar-refractivity contribution in [1.82, 2.24) is 14.9 Å². The van der Waals surface area contributed by atoms with Crippen LogP contribution in [0.4, 0.5) is 0 Å². The van der Waals surface area contributed by atoms with Gasteiger partial charge in [-0.3, -0.25) is 14.2 Å². The topological polar surface area (TPSA) is 64.0 Å². The number of nitrogens with zero attached hydrogens (tertiary/aromatic N) is 2. The Balaban J connectivity index is 2.01. The Bertz CT molecular complexity index is 1090. The maximum atomic E-state index is 13.1. The lowest BCUT2D eigenvalue weighted by atomic mass is 10.0. The molecule has 0 saturated carbocycles. The Hall–Kier alpha value is -2.34. The van der Waals surface area contributed by atoms with E-state index in [9.17, 15) is 9.59 Å². The molecule has 0 aliphatic rings. The molecule has 0 radical (unpaired) electrons. The number of nitrogens with one attached hydrogen (secondary N) is 1. The fourth-order valence-electron chi connectivity index (χ4n) is 2.99. The first-order chi connectivity index (χ1) is 13.3. The van der Waals surface area contributed by atoms with Crippen molar-refractivity contribution in [2.45, 2.75) is 63.5 Å². The van der Waals surface area contributed by atoms with Gasteiger partial charge in [-0.15, -0.1) is 0 Å². The van der Waals surface area contributed by atoms with Crippen LogP contribution in [0.5, 0.6) is 0 Å². The second-order valence-electron chi connectivity index (χ2n) is 7.65. The SMILES string of the molecule is CCn1c(SC(C)C(=O)NC(C)(C)CC)nc2cc3ccccc3cc2c1=O. The quantitative estimate of drug-likeness (QED) is 0.381. The summed E-state index contributed by atoms with van der Waals surface area (Å²) in [6, 6.07) is 11.8. The number of thioether (sulfide) groups is 1. The third kappa shape index (κ3) is 4.07. The normalized spacial score (nSPS) is 13.0. The summed E-state index contributed by atoms with van der Waals surface area (Å²) >= 11 is 1.33. The summed E-state index contributed by atoms with van der Waals surface area (Å²) in [5.74, 6) is -0.0487. The Labute approximate surface area is 169 Å². The monoisotopic (exact) mass is 397 g/mol. The van der Waals surface area contributed by atoms with Crippen molar-refractivity contribution in [3.05, 3.63) is 46.8 Å². The smallest absolute Gasteiger partial charge is 0.262 e. The fraction of sp³-hybridized carbons (Fsp3) is 0.409. The number of fused-ring (bicyclic) bond motifs is 2. The summed E-state index contributed by atoms with van der Waals surface area (Å²) in [4.78, 5) is 30.4. The minimum atomic E-state index is -0.353. The first-order valence-corrected chi connectivity index (χ1v) is 10.6. The highest BCUT2D eigenvalue weighted by molar-refractivity contribution is 8.00. The maximum absolute atomic E-state index is 13.1. The van der Waals surface area contributed by atoms with Crippen LogP contribution in [0.15, 0.2) is 46.3 Å². The molecule has 6 heteroatoms. The highest BCUT2D eigenvalue weighted by Gasteiger charge is 2.24. The molecule has 1 N–H and O–H groups in total. The van der Waals surface area contributed by atoms with Crippen LogP contribution in [-0.2, 0) is 11.3 Å². The number of carbonyl (C=O) groups is 1. The Morgan fingerprint density at radius 3 is 2.46 bits per heavy atom. The molecule has 148 valence electrons. The molecular formula is C22H27N3O2S. The molecule has 3 aromatic rings. The largest absolute Gasteiger partial charge is 0.350 e. The Kier molecular flexibility index (Phi) is 5.79. The molecular weight excluding hydrogens is 370 g/mol. The first kappa shape index (κ1) is 20.4. The van der Waals surface area contributed by atoms with Gasteiger partial charge in [-0.2, -0.15) is 0 Å². The van der Waals surface area contributed by atoms with Gasteiger partial charge in [0.2, 0.25) is 5.91 Å². The van der Waals surface area contributed by atoms with Crippen LogP contribution in [0.3, 0.4) is 0 Å². The van der Waals surface area contributed by atoms with E-state index >= 15 is 0 Å². The molecule has 0 fully saturated rings. The number of hydrogen-bond donors (Lipinski definition) is 1. The highest BCUT2D eigenvalue weighted by Crippen LogP contribution is 2.25. The summed E-state index contributed by atoms with van der Waals surface area (Å²) in [5, 5.41) is 5.96. The van der Waals surface area contributed by atoms with Crippen LogP contribution >= 0.6 is 11.8 Å². The molecule has 0 saturated heterocycles. The molecule has 0 spiro atoms. The molecule has 3 rings (SSSR count). The summed E-state index contributed by atoms with van der Waals surface area (Å²) in [6.45, 7) is 10.3. The predicted octanol–water partition coefficient (Wildman–Crippen LogP) is 4.36. The molecule has 0 aliphatic carbocycles. The van der Waals surface area contributed by atoms with E-state index in [-0.39, 0.29) is 22.3 Å². The van der Waals surface area contributed by atoms with E-state index in [1.807, 2.05) is 71.0 Å². The van der Waals surface area contributed by atoms with Gasteiger partial charge in [0.15, 0.2) is 5.16 Å². The van der Waals surface area contributed by atoms with E-state index < -0.39 is 0 Å². The third-order valence-electron chi connectivity index (χ3n) is 5.10. The van der Waals surface area contributed by atoms with Crippen molar-refractivity contribution in [2.75, 3.05) is 0 Å². The minimum Gasteiger partial charge on any atom is -0.350 e. The molecule has 5 nitrogen and oxygen atoms in total. The average Bonchev–Trinajstić information content (AvgIpc) is 2.66. The molecule has 28 heavy (non-hydrogen) atoms. The van der Waals surface area contributed by atoms with Crippen LogP contribution in [0.1, 0.15) is 41.0 Å². The lowest BCUT2D eigenvalue weighted by molar-refractivity contribution is -0.121. The van der Waals surface area contributed by atoms with Gasteiger partial charge >= 0.3 is 0 Å².